The van der Waals surface area contributed by atoms with Gasteiger partial charge in [0.05, 0.1) is 25.8 Å². The molecule has 1 aliphatic rings. The third-order valence-corrected chi connectivity index (χ3v) is 5.25. The fourth-order valence-corrected chi connectivity index (χ4v) is 3.44. The molecule has 0 spiro atoms. The van der Waals surface area contributed by atoms with E-state index in [1.807, 2.05) is 54.6 Å². The Morgan fingerprint density at radius 3 is 2.60 bits per heavy atom. The lowest BCUT2D eigenvalue weighted by atomic mass is 9.98. The number of aromatic nitrogens is 2. The summed E-state index contributed by atoms with van der Waals surface area (Å²) in [5, 5.41) is 3.00. The predicted octanol–water partition coefficient (Wildman–Crippen LogP) is 2.91. The zero-order valence-electron chi connectivity index (χ0n) is 17.0. The Bertz CT molecular complexity index is 1020. The number of hydrogen-bond donors (Lipinski definition) is 1. The first-order valence-electron chi connectivity index (χ1n) is 9.79. The van der Waals surface area contributed by atoms with Crippen LogP contribution in [0.15, 0.2) is 60.9 Å². The van der Waals surface area contributed by atoms with Gasteiger partial charge in [-0.3, -0.25) is 4.79 Å². The Hall–Kier alpha value is -3.61. The SMILES string of the molecule is COc1ccc(CNC(=O)C2CN(c3cc(-c4ccccc4)ncn3)C2)c(OC)c1. The molecule has 0 aliphatic carbocycles. The number of anilines is 1. The number of carbonyl (C=O) groups excluding carboxylic acids is 1. The summed E-state index contributed by atoms with van der Waals surface area (Å²) < 4.78 is 10.6. The van der Waals surface area contributed by atoms with E-state index in [2.05, 4.69) is 20.2 Å². The highest BCUT2D eigenvalue weighted by Gasteiger charge is 2.33. The number of amides is 1. The van der Waals surface area contributed by atoms with Crippen molar-refractivity contribution in [2.24, 2.45) is 5.92 Å². The van der Waals surface area contributed by atoms with Crippen LogP contribution in [0.25, 0.3) is 11.3 Å². The van der Waals surface area contributed by atoms with E-state index in [0.717, 1.165) is 28.4 Å². The van der Waals surface area contributed by atoms with Gasteiger partial charge in [0.2, 0.25) is 5.91 Å². The fraction of sp³-hybridized carbons (Fsp3) is 0.261. The summed E-state index contributed by atoms with van der Waals surface area (Å²) in [6, 6.07) is 17.5. The summed E-state index contributed by atoms with van der Waals surface area (Å²) in [5.74, 6) is 2.21. The number of carbonyl (C=O) groups is 1. The van der Waals surface area contributed by atoms with E-state index in [0.29, 0.717) is 25.4 Å². The second-order valence-electron chi connectivity index (χ2n) is 7.12. The Labute approximate surface area is 175 Å². The maximum Gasteiger partial charge on any atom is 0.226 e. The first-order valence-corrected chi connectivity index (χ1v) is 9.79. The first-order chi connectivity index (χ1) is 14.7. The molecule has 1 fully saturated rings. The summed E-state index contributed by atoms with van der Waals surface area (Å²) in [6.07, 6.45) is 1.57. The largest absolute Gasteiger partial charge is 0.497 e. The molecular weight excluding hydrogens is 380 g/mol. The normalized spacial score (nSPS) is 13.5. The molecule has 2 aromatic carbocycles. The minimum atomic E-state index is -0.0654. The van der Waals surface area contributed by atoms with Crippen molar-refractivity contribution in [3.8, 4) is 22.8 Å². The molecule has 1 amide bonds. The third-order valence-electron chi connectivity index (χ3n) is 5.25. The van der Waals surface area contributed by atoms with Gasteiger partial charge in [-0.1, -0.05) is 30.3 Å². The van der Waals surface area contributed by atoms with Crippen LogP contribution in [-0.2, 0) is 11.3 Å². The maximum atomic E-state index is 12.6. The number of nitrogens with one attached hydrogen (secondary N) is 1. The Morgan fingerprint density at radius 2 is 1.87 bits per heavy atom. The monoisotopic (exact) mass is 404 g/mol. The second kappa shape index (κ2) is 8.82. The first kappa shape index (κ1) is 19.7. The summed E-state index contributed by atoms with van der Waals surface area (Å²) in [5.41, 5.74) is 2.83. The van der Waals surface area contributed by atoms with Crippen molar-refractivity contribution >= 4 is 11.7 Å². The molecule has 1 saturated heterocycles. The summed E-state index contributed by atoms with van der Waals surface area (Å²) >= 11 is 0. The Balaban J connectivity index is 1.33. The fourth-order valence-electron chi connectivity index (χ4n) is 3.44. The average molecular weight is 404 g/mol. The molecule has 0 atom stereocenters. The predicted molar refractivity (Wildman–Crippen MR) is 115 cm³/mol. The van der Waals surface area contributed by atoms with Crippen LogP contribution < -0.4 is 19.7 Å². The van der Waals surface area contributed by atoms with Gasteiger partial charge >= 0.3 is 0 Å². The highest BCUT2D eigenvalue weighted by atomic mass is 16.5. The Kier molecular flexibility index (Phi) is 5.79. The van der Waals surface area contributed by atoms with E-state index in [4.69, 9.17) is 9.47 Å². The lowest BCUT2D eigenvalue weighted by molar-refractivity contribution is -0.125. The van der Waals surface area contributed by atoms with Gasteiger partial charge in [-0.15, -0.1) is 0 Å². The zero-order valence-corrected chi connectivity index (χ0v) is 17.0. The number of hydrogen-bond acceptors (Lipinski definition) is 6. The molecule has 0 bridgehead atoms. The van der Waals surface area contributed by atoms with E-state index in [-0.39, 0.29) is 11.8 Å². The van der Waals surface area contributed by atoms with Crippen molar-refractivity contribution in [3.63, 3.8) is 0 Å². The molecule has 4 rings (SSSR count). The van der Waals surface area contributed by atoms with Gasteiger partial charge in [-0.05, 0) is 12.1 Å². The maximum absolute atomic E-state index is 12.6. The molecule has 0 radical (unpaired) electrons. The van der Waals surface area contributed by atoms with Gasteiger partial charge in [0, 0.05) is 42.9 Å². The molecule has 30 heavy (non-hydrogen) atoms. The van der Waals surface area contributed by atoms with Crippen molar-refractivity contribution in [1.82, 2.24) is 15.3 Å². The van der Waals surface area contributed by atoms with E-state index >= 15 is 0 Å². The molecule has 7 heteroatoms. The van der Waals surface area contributed by atoms with Crippen LogP contribution in [0.1, 0.15) is 5.56 Å². The van der Waals surface area contributed by atoms with Gasteiger partial charge in [0.15, 0.2) is 0 Å². The van der Waals surface area contributed by atoms with Crippen molar-refractivity contribution in [2.45, 2.75) is 6.54 Å². The van der Waals surface area contributed by atoms with Gasteiger partial charge in [-0.25, -0.2) is 9.97 Å². The molecule has 0 saturated carbocycles. The third kappa shape index (κ3) is 4.20. The van der Waals surface area contributed by atoms with Gasteiger partial charge < -0.3 is 19.7 Å². The van der Waals surface area contributed by atoms with Gasteiger partial charge in [0.25, 0.3) is 0 Å². The molecular formula is C23H24N4O3. The summed E-state index contributed by atoms with van der Waals surface area (Å²) in [6.45, 7) is 1.68. The number of benzene rings is 2. The minimum Gasteiger partial charge on any atom is -0.497 e. The van der Waals surface area contributed by atoms with Crippen LogP contribution in [0.3, 0.4) is 0 Å². The van der Waals surface area contributed by atoms with Gasteiger partial charge in [-0.2, -0.15) is 0 Å². The van der Waals surface area contributed by atoms with E-state index < -0.39 is 0 Å². The topological polar surface area (TPSA) is 76.6 Å². The molecule has 1 aliphatic heterocycles. The number of ether oxygens (including phenoxy) is 2. The average Bonchev–Trinajstić information content (AvgIpc) is 2.77. The number of rotatable bonds is 7. The lowest BCUT2D eigenvalue weighted by Crippen LogP contribution is -2.54. The van der Waals surface area contributed by atoms with Gasteiger partial charge in [0.1, 0.15) is 23.6 Å². The summed E-state index contributed by atoms with van der Waals surface area (Å²) in [7, 11) is 3.22. The highest BCUT2D eigenvalue weighted by molar-refractivity contribution is 5.82. The molecule has 0 unspecified atom stereocenters. The van der Waals surface area contributed by atoms with Crippen LogP contribution in [0.5, 0.6) is 11.5 Å². The highest BCUT2D eigenvalue weighted by Crippen LogP contribution is 2.27. The Morgan fingerprint density at radius 1 is 1.07 bits per heavy atom. The van der Waals surface area contributed by atoms with Crippen LogP contribution in [0.2, 0.25) is 0 Å². The van der Waals surface area contributed by atoms with Crippen molar-refractivity contribution in [2.75, 3.05) is 32.2 Å². The minimum absolute atomic E-state index is 0.0291. The van der Waals surface area contributed by atoms with Crippen LogP contribution in [0.4, 0.5) is 5.82 Å². The molecule has 1 aromatic heterocycles. The molecule has 2 heterocycles. The van der Waals surface area contributed by atoms with E-state index in [1.165, 1.54) is 0 Å². The van der Waals surface area contributed by atoms with Crippen LogP contribution in [0, 0.1) is 5.92 Å². The molecule has 1 N–H and O–H groups in total. The molecule has 3 aromatic rings. The van der Waals surface area contributed by atoms with Crippen LogP contribution >= 0.6 is 0 Å². The quantitative estimate of drug-likeness (QED) is 0.653. The molecule has 154 valence electrons. The summed E-state index contributed by atoms with van der Waals surface area (Å²) in [4.78, 5) is 23.4. The number of nitrogens with zero attached hydrogens (tertiary/aromatic N) is 3. The zero-order chi connectivity index (χ0) is 20.9. The van der Waals surface area contributed by atoms with E-state index in [9.17, 15) is 4.79 Å². The molecule has 7 nitrogen and oxygen atoms in total. The lowest BCUT2D eigenvalue weighted by Gasteiger charge is -2.39. The standard InChI is InChI=1S/C23H24N4O3/c1-29-19-9-8-17(21(10-19)30-2)12-24-23(28)18-13-27(14-18)22-11-20(25-15-26-22)16-6-4-3-5-7-16/h3-11,15,18H,12-14H2,1-2H3,(H,24,28). The van der Waals surface area contributed by atoms with E-state index in [1.54, 1.807) is 20.5 Å². The smallest absolute Gasteiger partial charge is 0.226 e. The van der Waals surface area contributed by atoms with Crippen molar-refractivity contribution < 1.29 is 14.3 Å². The second-order valence-corrected chi connectivity index (χ2v) is 7.12. The van der Waals surface area contributed by atoms with Crippen LogP contribution in [-0.4, -0.2) is 43.2 Å². The number of methoxy groups -OCH3 is 2. The van der Waals surface area contributed by atoms with Crippen molar-refractivity contribution in [3.05, 3.63) is 66.5 Å². The van der Waals surface area contributed by atoms with Crippen molar-refractivity contribution in [1.29, 1.82) is 0 Å².